The van der Waals surface area contributed by atoms with E-state index in [1.807, 2.05) is 0 Å². The maximum Gasteiger partial charge on any atom is 0.416 e. The van der Waals surface area contributed by atoms with Gasteiger partial charge in [-0.25, -0.2) is 0 Å². The van der Waals surface area contributed by atoms with E-state index in [-0.39, 0.29) is 10.7 Å². The first-order chi connectivity index (χ1) is 8.97. The van der Waals surface area contributed by atoms with Crippen molar-refractivity contribution in [3.63, 3.8) is 0 Å². The van der Waals surface area contributed by atoms with E-state index in [0.717, 1.165) is 17.7 Å². The van der Waals surface area contributed by atoms with Gasteiger partial charge in [-0.05, 0) is 35.9 Å². The van der Waals surface area contributed by atoms with E-state index < -0.39 is 11.7 Å². The van der Waals surface area contributed by atoms with Gasteiger partial charge in [0.15, 0.2) is 0 Å². The minimum atomic E-state index is -4.38. The third-order valence-corrected chi connectivity index (χ3v) is 2.86. The van der Waals surface area contributed by atoms with Crippen molar-refractivity contribution >= 4 is 17.3 Å². The van der Waals surface area contributed by atoms with E-state index >= 15 is 0 Å². The molecule has 0 fully saturated rings. The van der Waals surface area contributed by atoms with Crippen LogP contribution in [0.25, 0.3) is 0 Å². The fourth-order valence-corrected chi connectivity index (χ4v) is 1.72. The Labute approximate surface area is 113 Å². The molecule has 2 rings (SSSR count). The molecule has 1 N–H and O–H groups in total. The summed E-state index contributed by atoms with van der Waals surface area (Å²) in [7, 11) is 0. The minimum Gasteiger partial charge on any atom is -0.380 e. The maximum absolute atomic E-state index is 12.6. The summed E-state index contributed by atoms with van der Waals surface area (Å²) in [6, 6.07) is 6.74. The second-order valence-corrected chi connectivity index (χ2v) is 4.31. The highest BCUT2D eigenvalue weighted by molar-refractivity contribution is 6.33. The van der Waals surface area contributed by atoms with Crippen LogP contribution >= 0.6 is 11.6 Å². The lowest BCUT2D eigenvalue weighted by Crippen LogP contribution is -2.07. The lowest BCUT2D eigenvalue weighted by atomic mass is 10.2. The Morgan fingerprint density at radius 3 is 2.42 bits per heavy atom. The Bertz CT molecular complexity index is 556. The smallest absolute Gasteiger partial charge is 0.380 e. The summed E-state index contributed by atoms with van der Waals surface area (Å²) in [5.41, 5.74) is 0.436. The van der Waals surface area contributed by atoms with Gasteiger partial charge in [0.2, 0.25) is 0 Å². The van der Waals surface area contributed by atoms with E-state index in [4.69, 9.17) is 11.6 Å². The summed E-state index contributed by atoms with van der Waals surface area (Å²) in [6.45, 7) is 0.379. The highest BCUT2D eigenvalue weighted by Crippen LogP contribution is 2.33. The van der Waals surface area contributed by atoms with Crippen molar-refractivity contribution in [1.29, 1.82) is 0 Å². The lowest BCUT2D eigenvalue weighted by molar-refractivity contribution is -0.137. The molecule has 0 bridgehead atoms. The fraction of sp³-hybridized carbons (Fsp3) is 0.154. The normalized spacial score (nSPS) is 11.4. The molecule has 0 spiro atoms. The molecule has 0 saturated heterocycles. The highest BCUT2D eigenvalue weighted by Gasteiger charge is 2.30. The number of anilines is 1. The van der Waals surface area contributed by atoms with Crippen LogP contribution in [0.4, 0.5) is 18.9 Å². The van der Waals surface area contributed by atoms with E-state index in [2.05, 4.69) is 10.3 Å². The van der Waals surface area contributed by atoms with E-state index in [9.17, 15) is 13.2 Å². The van der Waals surface area contributed by atoms with Crippen LogP contribution in [0.1, 0.15) is 11.1 Å². The SMILES string of the molecule is FC(F)(F)c1ccc(Cl)c(NCc2ccncc2)c1. The quantitative estimate of drug-likeness (QED) is 0.906. The van der Waals surface area contributed by atoms with Crippen LogP contribution in [0.15, 0.2) is 42.7 Å². The summed E-state index contributed by atoms with van der Waals surface area (Å²) in [5, 5.41) is 3.13. The molecule has 0 amide bonds. The molecule has 2 nitrogen and oxygen atoms in total. The Hall–Kier alpha value is -1.75. The van der Waals surface area contributed by atoms with Gasteiger partial charge in [0.25, 0.3) is 0 Å². The second kappa shape index (κ2) is 5.48. The molecule has 0 unspecified atom stereocenters. The van der Waals surface area contributed by atoms with Crippen molar-refractivity contribution in [2.24, 2.45) is 0 Å². The standard InChI is InChI=1S/C13H10ClF3N2/c14-11-2-1-10(13(15,16)17)7-12(11)19-8-9-3-5-18-6-4-9/h1-7,19H,8H2. The molecule has 6 heteroatoms. The molecular weight excluding hydrogens is 277 g/mol. The molecule has 0 aliphatic rings. The molecule has 0 saturated carbocycles. The van der Waals surface area contributed by atoms with Crippen LogP contribution in [0.3, 0.4) is 0 Å². The van der Waals surface area contributed by atoms with Crippen LogP contribution in [0, 0.1) is 0 Å². The van der Waals surface area contributed by atoms with Gasteiger partial charge < -0.3 is 5.32 Å². The van der Waals surface area contributed by atoms with Gasteiger partial charge in [-0.1, -0.05) is 11.6 Å². The third-order valence-electron chi connectivity index (χ3n) is 2.53. The van der Waals surface area contributed by atoms with Gasteiger partial charge >= 0.3 is 6.18 Å². The summed E-state index contributed by atoms with van der Waals surface area (Å²) in [4.78, 5) is 3.86. The molecule has 1 aromatic carbocycles. The molecule has 100 valence electrons. The molecule has 1 heterocycles. The van der Waals surface area contributed by atoms with Gasteiger partial charge in [0, 0.05) is 18.9 Å². The number of benzene rings is 1. The van der Waals surface area contributed by atoms with Gasteiger partial charge in [-0.15, -0.1) is 0 Å². The molecule has 2 aromatic rings. The van der Waals surface area contributed by atoms with Crippen molar-refractivity contribution in [3.8, 4) is 0 Å². The Kier molecular flexibility index (Phi) is 3.95. The van der Waals surface area contributed by atoms with Gasteiger partial charge in [-0.3, -0.25) is 4.98 Å². The summed E-state index contributed by atoms with van der Waals surface area (Å²) in [6.07, 6.45) is -1.15. The second-order valence-electron chi connectivity index (χ2n) is 3.90. The van der Waals surface area contributed by atoms with E-state index in [0.29, 0.717) is 6.54 Å². The van der Waals surface area contributed by atoms with Crippen LogP contribution < -0.4 is 5.32 Å². The van der Waals surface area contributed by atoms with Crippen molar-refractivity contribution < 1.29 is 13.2 Å². The number of hydrogen-bond donors (Lipinski definition) is 1. The number of pyridine rings is 1. The number of hydrogen-bond acceptors (Lipinski definition) is 2. The lowest BCUT2D eigenvalue weighted by Gasteiger charge is -2.12. The van der Waals surface area contributed by atoms with Crippen LogP contribution in [-0.4, -0.2) is 4.98 Å². The number of alkyl halides is 3. The molecule has 0 atom stereocenters. The van der Waals surface area contributed by atoms with E-state index in [1.54, 1.807) is 24.5 Å². The van der Waals surface area contributed by atoms with Crippen molar-refractivity contribution in [2.45, 2.75) is 12.7 Å². The Balaban J connectivity index is 2.16. The third kappa shape index (κ3) is 3.61. The largest absolute Gasteiger partial charge is 0.416 e. The summed E-state index contributed by atoms with van der Waals surface area (Å²) < 4.78 is 37.8. The van der Waals surface area contributed by atoms with Gasteiger partial charge in [0.05, 0.1) is 16.3 Å². The number of nitrogens with zero attached hydrogens (tertiary/aromatic N) is 1. The van der Waals surface area contributed by atoms with Crippen molar-refractivity contribution in [3.05, 3.63) is 58.9 Å². The number of rotatable bonds is 3. The predicted molar refractivity (Wildman–Crippen MR) is 68.0 cm³/mol. The fourth-order valence-electron chi connectivity index (χ4n) is 1.53. The summed E-state index contributed by atoms with van der Waals surface area (Å²) >= 11 is 5.87. The zero-order valence-corrected chi connectivity index (χ0v) is 10.5. The zero-order valence-electron chi connectivity index (χ0n) is 9.71. The average Bonchev–Trinajstić information content (AvgIpc) is 2.37. The minimum absolute atomic E-state index is 0.252. The number of nitrogens with one attached hydrogen (secondary N) is 1. The molecule has 0 aliphatic heterocycles. The first-order valence-electron chi connectivity index (χ1n) is 5.46. The van der Waals surface area contributed by atoms with Crippen LogP contribution in [0.5, 0.6) is 0 Å². The van der Waals surface area contributed by atoms with Gasteiger partial charge in [0.1, 0.15) is 0 Å². The van der Waals surface area contributed by atoms with E-state index in [1.165, 1.54) is 6.07 Å². The summed E-state index contributed by atoms with van der Waals surface area (Å²) in [5.74, 6) is 0. The molecule has 1 aromatic heterocycles. The molecule has 0 radical (unpaired) electrons. The molecular formula is C13H10ClF3N2. The topological polar surface area (TPSA) is 24.9 Å². The number of aromatic nitrogens is 1. The molecule has 19 heavy (non-hydrogen) atoms. The van der Waals surface area contributed by atoms with Gasteiger partial charge in [-0.2, -0.15) is 13.2 Å². The maximum atomic E-state index is 12.6. The van der Waals surface area contributed by atoms with Crippen LogP contribution in [-0.2, 0) is 12.7 Å². The Morgan fingerprint density at radius 2 is 1.79 bits per heavy atom. The van der Waals surface area contributed by atoms with Crippen molar-refractivity contribution in [1.82, 2.24) is 4.98 Å². The van der Waals surface area contributed by atoms with Crippen molar-refractivity contribution in [2.75, 3.05) is 5.32 Å². The average molecular weight is 287 g/mol. The first kappa shape index (κ1) is 13.7. The Morgan fingerprint density at radius 1 is 1.11 bits per heavy atom. The number of halogens is 4. The predicted octanol–water partition coefficient (Wildman–Crippen LogP) is 4.37. The monoisotopic (exact) mass is 286 g/mol. The molecule has 0 aliphatic carbocycles. The van der Waals surface area contributed by atoms with Crippen LogP contribution in [0.2, 0.25) is 5.02 Å². The zero-order chi connectivity index (χ0) is 13.9. The first-order valence-corrected chi connectivity index (χ1v) is 5.84. The highest BCUT2D eigenvalue weighted by atomic mass is 35.5.